The van der Waals surface area contributed by atoms with Gasteiger partial charge in [-0.15, -0.1) is 22.0 Å². The number of amides is 2. The van der Waals surface area contributed by atoms with Crippen molar-refractivity contribution in [3.8, 4) is 5.75 Å². The predicted molar refractivity (Wildman–Crippen MR) is 104 cm³/mol. The molecule has 0 saturated carbocycles. The molecule has 146 valence electrons. The molecular formula is C16H21CaN7O3S. The van der Waals surface area contributed by atoms with Crippen molar-refractivity contribution in [2.24, 2.45) is 5.73 Å². The van der Waals surface area contributed by atoms with Crippen LogP contribution in [0.15, 0.2) is 24.3 Å². The minimum Gasteiger partial charge on any atom is -1.00 e. The van der Waals surface area contributed by atoms with Gasteiger partial charge in [0.2, 0.25) is 11.8 Å². The molecule has 4 atom stereocenters. The van der Waals surface area contributed by atoms with Crippen LogP contribution in [0.5, 0.6) is 5.75 Å². The molecular weight excluding hydrogens is 410 g/mol. The van der Waals surface area contributed by atoms with E-state index in [-0.39, 0.29) is 68.4 Å². The summed E-state index contributed by atoms with van der Waals surface area (Å²) in [6, 6.07) is 4.18. The van der Waals surface area contributed by atoms with E-state index in [1.165, 1.54) is 12.1 Å². The first-order valence-corrected chi connectivity index (χ1v) is 9.26. The maximum atomic E-state index is 12.7. The number of carbonyl (C=O) groups is 2. The number of aromatic amines is 1. The summed E-state index contributed by atoms with van der Waals surface area (Å²) in [5, 5.41) is 25.9. The number of fused-ring (bicyclic) bond motifs is 1. The SMILES string of the molecule is CC1(C)S[C@H]2C(NC(=O)C(N)c3ccc(O)cc3)C(=O)N2C1c1nn[nH]n1.[Ca+2].[H-].[H-]. The molecule has 3 heterocycles. The predicted octanol–water partition coefficient (Wildman–Crippen LogP) is -0.331. The van der Waals surface area contributed by atoms with Gasteiger partial charge in [0.1, 0.15) is 29.2 Å². The number of nitrogens with zero attached hydrogens (tertiary/aromatic N) is 4. The summed E-state index contributed by atoms with van der Waals surface area (Å²) < 4.78 is -0.331. The minimum atomic E-state index is -0.931. The number of H-pyrrole nitrogens is 1. The zero-order valence-electron chi connectivity index (χ0n) is 17.4. The maximum absolute atomic E-state index is 12.7. The zero-order valence-corrected chi connectivity index (χ0v) is 18.4. The van der Waals surface area contributed by atoms with Crippen molar-refractivity contribution in [2.75, 3.05) is 0 Å². The van der Waals surface area contributed by atoms with Crippen LogP contribution in [0.4, 0.5) is 0 Å². The first-order valence-electron chi connectivity index (χ1n) is 8.38. The van der Waals surface area contributed by atoms with Crippen LogP contribution in [0.2, 0.25) is 0 Å². The number of nitrogens with one attached hydrogen (secondary N) is 2. The largest absolute Gasteiger partial charge is 2.00 e. The quantitative estimate of drug-likeness (QED) is 0.380. The fourth-order valence-electron chi connectivity index (χ4n) is 3.53. The van der Waals surface area contributed by atoms with Crippen LogP contribution in [-0.2, 0) is 9.59 Å². The number of hydrogen-bond acceptors (Lipinski definition) is 8. The smallest absolute Gasteiger partial charge is 1.00 e. The number of phenols is 1. The molecule has 5 N–H and O–H groups in total. The van der Waals surface area contributed by atoms with Gasteiger partial charge in [-0.25, -0.2) is 0 Å². The summed E-state index contributed by atoms with van der Waals surface area (Å²) >= 11 is 1.58. The van der Waals surface area contributed by atoms with Crippen LogP contribution in [0, 0.1) is 0 Å². The third-order valence-electron chi connectivity index (χ3n) is 4.88. The Morgan fingerprint density at radius 1 is 1.43 bits per heavy atom. The van der Waals surface area contributed by atoms with E-state index in [1.807, 2.05) is 13.8 Å². The maximum Gasteiger partial charge on any atom is 2.00 e. The van der Waals surface area contributed by atoms with Crippen LogP contribution < -0.4 is 11.1 Å². The number of β-lactam (4-membered cyclic amide) rings is 1. The van der Waals surface area contributed by atoms with Gasteiger partial charge in [-0.2, -0.15) is 5.21 Å². The zero-order chi connectivity index (χ0) is 19.3. The van der Waals surface area contributed by atoms with Crippen LogP contribution in [0.1, 0.15) is 40.2 Å². The van der Waals surface area contributed by atoms with Crippen molar-refractivity contribution >= 4 is 61.3 Å². The van der Waals surface area contributed by atoms with E-state index < -0.39 is 18.0 Å². The van der Waals surface area contributed by atoms with Gasteiger partial charge in [0.25, 0.3) is 0 Å². The molecule has 4 rings (SSSR count). The summed E-state index contributed by atoms with van der Waals surface area (Å²) in [5.74, 6) is -0.0959. The van der Waals surface area contributed by atoms with Crippen LogP contribution in [-0.4, -0.2) is 96.3 Å². The van der Waals surface area contributed by atoms with E-state index in [4.69, 9.17) is 5.73 Å². The Morgan fingerprint density at radius 3 is 2.71 bits per heavy atom. The van der Waals surface area contributed by atoms with E-state index in [1.54, 1.807) is 28.8 Å². The second-order valence-electron chi connectivity index (χ2n) is 7.09. The number of phenolic OH excluding ortho intramolecular Hbond substituents is 1. The van der Waals surface area contributed by atoms with Gasteiger partial charge < -0.3 is 23.9 Å². The third kappa shape index (κ3) is 3.50. The molecule has 10 nitrogen and oxygen atoms in total. The molecule has 1 aromatic heterocycles. The summed E-state index contributed by atoms with van der Waals surface area (Å²) in [4.78, 5) is 26.9. The number of aromatic nitrogens is 4. The molecule has 0 bridgehead atoms. The van der Waals surface area contributed by atoms with Crippen LogP contribution >= 0.6 is 11.8 Å². The van der Waals surface area contributed by atoms with Crippen molar-refractivity contribution in [3.05, 3.63) is 35.7 Å². The third-order valence-corrected chi connectivity index (χ3v) is 6.45. The number of rotatable bonds is 4. The molecule has 1 aromatic carbocycles. The summed E-state index contributed by atoms with van der Waals surface area (Å²) in [6.07, 6.45) is 0. The Morgan fingerprint density at radius 2 is 2.11 bits per heavy atom. The molecule has 12 heteroatoms. The fraction of sp³-hybridized carbons (Fsp3) is 0.438. The van der Waals surface area contributed by atoms with E-state index in [0.717, 1.165) is 0 Å². The number of tetrazole rings is 1. The number of carbonyl (C=O) groups excluding carboxylic acids is 2. The monoisotopic (exact) mass is 431 g/mol. The number of benzene rings is 1. The van der Waals surface area contributed by atoms with Gasteiger partial charge in [0.05, 0.1) is 0 Å². The van der Waals surface area contributed by atoms with Gasteiger partial charge in [0.15, 0.2) is 5.82 Å². The fourth-order valence-corrected chi connectivity index (χ4v) is 5.16. The Balaban J connectivity index is 0.00000150. The molecule has 2 amide bonds. The average molecular weight is 432 g/mol. The van der Waals surface area contributed by atoms with Gasteiger partial charge in [-0.1, -0.05) is 17.3 Å². The summed E-state index contributed by atoms with van der Waals surface area (Å²) in [6.45, 7) is 4.01. The Labute approximate surface area is 198 Å². The molecule has 2 aliphatic rings. The van der Waals surface area contributed by atoms with E-state index in [0.29, 0.717) is 11.4 Å². The number of thioether (sulfide) groups is 1. The van der Waals surface area contributed by atoms with Crippen molar-refractivity contribution in [3.63, 3.8) is 0 Å². The Bertz CT molecular complexity index is 887. The van der Waals surface area contributed by atoms with Crippen molar-refractivity contribution in [1.29, 1.82) is 0 Å². The molecule has 0 radical (unpaired) electrons. The number of aromatic hydroxyl groups is 1. The van der Waals surface area contributed by atoms with Gasteiger partial charge in [-0.05, 0) is 31.5 Å². The topological polar surface area (TPSA) is 150 Å². The molecule has 28 heavy (non-hydrogen) atoms. The standard InChI is InChI=1S/C16H19N7O3S.Ca.2H/c1-16(2)11(12-19-21-22-20-12)23-14(26)10(15(23)27-16)18-13(25)9(17)7-3-5-8(24)6-4-7;;;/h3-6,9-11,15,24H,17H2,1-2H3,(H,18,25)(H,19,20,21,22);;;/q;+2;2*-1/t9?,10?,11?,15-;;;/m0.../s1. The van der Waals surface area contributed by atoms with Crippen LogP contribution in [0.3, 0.4) is 0 Å². The first kappa shape index (κ1) is 21.3. The van der Waals surface area contributed by atoms with Gasteiger partial charge in [0, 0.05) is 4.75 Å². The Hall–Kier alpha value is -1.40. The van der Waals surface area contributed by atoms with Crippen molar-refractivity contribution in [2.45, 2.75) is 42.1 Å². The second kappa shape index (κ2) is 7.79. The Kier molecular flexibility index (Phi) is 5.93. The molecule has 2 saturated heterocycles. The summed E-state index contributed by atoms with van der Waals surface area (Å²) in [7, 11) is 0. The first-order chi connectivity index (χ1) is 12.8. The van der Waals surface area contributed by atoms with E-state index in [2.05, 4.69) is 25.9 Å². The van der Waals surface area contributed by atoms with Crippen LogP contribution in [0.25, 0.3) is 0 Å². The van der Waals surface area contributed by atoms with Crippen molar-refractivity contribution in [1.82, 2.24) is 30.8 Å². The van der Waals surface area contributed by atoms with Gasteiger partial charge >= 0.3 is 37.7 Å². The molecule has 2 aliphatic heterocycles. The molecule has 3 unspecified atom stereocenters. The average Bonchev–Trinajstić information content (AvgIpc) is 3.23. The van der Waals surface area contributed by atoms with E-state index >= 15 is 0 Å². The van der Waals surface area contributed by atoms with Crippen molar-refractivity contribution < 1.29 is 17.5 Å². The second-order valence-corrected chi connectivity index (χ2v) is 8.86. The molecule has 2 fully saturated rings. The number of nitrogens with two attached hydrogens (primary N) is 1. The normalized spacial score (nSPS) is 26.0. The molecule has 0 aliphatic carbocycles. The summed E-state index contributed by atoms with van der Waals surface area (Å²) in [5.41, 5.74) is 6.55. The minimum absolute atomic E-state index is 0. The molecule has 2 aromatic rings. The van der Waals surface area contributed by atoms with E-state index in [9.17, 15) is 14.7 Å². The molecule has 0 spiro atoms. The van der Waals surface area contributed by atoms with Gasteiger partial charge in [-0.3, -0.25) is 9.59 Å². The number of hydrogen-bond donors (Lipinski definition) is 4.